The minimum absolute atomic E-state index is 0.106. The van der Waals surface area contributed by atoms with Gasteiger partial charge in [-0.25, -0.2) is 0 Å². The van der Waals surface area contributed by atoms with Crippen LogP contribution >= 0.6 is 15.9 Å². The van der Waals surface area contributed by atoms with Crippen LogP contribution in [-0.4, -0.2) is 34.5 Å². The van der Waals surface area contributed by atoms with E-state index in [1.807, 2.05) is 0 Å². The number of nitro benzene ring substituents is 1. The van der Waals surface area contributed by atoms with Crippen molar-refractivity contribution < 1.29 is 4.92 Å². The quantitative estimate of drug-likeness (QED) is 0.674. The summed E-state index contributed by atoms with van der Waals surface area (Å²) in [4.78, 5) is 13.0. The van der Waals surface area contributed by atoms with Gasteiger partial charge >= 0.3 is 0 Å². The molecule has 20 heavy (non-hydrogen) atoms. The zero-order valence-corrected chi connectivity index (χ0v) is 13.0. The van der Waals surface area contributed by atoms with Gasteiger partial charge in [-0.05, 0) is 54.2 Å². The molecule has 108 valence electrons. The second-order valence-corrected chi connectivity index (χ2v) is 6.63. The van der Waals surface area contributed by atoms with Crippen molar-refractivity contribution in [3.63, 3.8) is 0 Å². The number of nitrogens with zero attached hydrogens (tertiary/aromatic N) is 2. The predicted molar refractivity (Wildman–Crippen MR) is 82.0 cm³/mol. The van der Waals surface area contributed by atoms with E-state index in [9.17, 15) is 10.1 Å². The normalized spacial score (nSPS) is 26.7. The van der Waals surface area contributed by atoms with Gasteiger partial charge in [-0.1, -0.05) is 0 Å². The molecule has 2 unspecified atom stereocenters. The van der Waals surface area contributed by atoms with E-state index in [1.165, 1.54) is 12.8 Å². The highest BCUT2D eigenvalue weighted by atomic mass is 79.9. The van der Waals surface area contributed by atoms with Crippen LogP contribution < -0.4 is 5.32 Å². The molecule has 6 heteroatoms. The van der Waals surface area contributed by atoms with Crippen LogP contribution in [0.1, 0.15) is 26.2 Å². The van der Waals surface area contributed by atoms with Crippen LogP contribution in [0.5, 0.6) is 0 Å². The molecule has 1 aliphatic carbocycles. The van der Waals surface area contributed by atoms with Crippen molar-refractivity contribution in [3.05, 3.63) is 32.8 Å². The summed E-state index contributed by atoms with van der Waals surface area (Å²) in [5.41, 5.74) is 1.05. The third kappa shape index (κ3) is 2.81. The second kappa shape index (κ2) is 5.33. The number of nitro groups is 1. The molecule has 1 saturated carbocycles. The Bertz CT molecular complexity index is 533. The SMILES string of the molecule is CC1CC(Nc2ccc([N+](=O)[O-])c(Br)c2)CN1C1CC1. The first-order chi connectivity index (χ1) is 9.54. The van der Waals surface area contributed by atoms with Gasteiger partial charge in [0.15, 0.2) is 0 Å². The van der Waals surface area contributed by atoms with Crippen molar-refractivity contribution >= 4 is 27.3 Å². The monoisotopic (exact) mass is 339 g/mol. The number of likely N-dealkylation sites (tertiary alicyclic amines) is 1. The third-order valence-corrected chi connectivity index (χ3v) is 4.79. The minimum atomic E-state index is -0.375. The van der Waals surface area contributed by atoms with Gasteiger partial charge in [0.25, 0.3) is 5.69 Å². The van der Waals surface area contributed by atoms with Crippen molar-refractivity contribution in [2.75, 3.05) is 11.9 Å². The van der Waals surface area contributed by atoms with Gasteiger partial charge in [-0.2, -0.15) is 0 Å². The highest BCUT2D eigenvalue weighted by molar-refractivity contribution is 9.10. The van der Waals surface area contributed by atoms with Crippen LogP contribution in [0.4, 0.5) is 11.4 Å². The van der Waals surface area contributed by atoms with Crippen molar-refractivity contribution in [1.29, 1.82) is 0 Å². The molecule has 1 aliphatic heterocycles. The van der Waals surface area contributed by atoms with Gasteiger partial charge in [0.1, 0.15) is 0 Å². The minimum Gasteiger partial charge on any atom is -0.381 e. The number of benzene rings is 1. The molecule has 1 heterocycles. The molecule has 5 nitrogen and oxygen atoms in total. The number of rotatable bonds is 4. The fraction of sp³-hybridized carbons (Fsp3) is 0.571. The topological polar surface area (TPSA) is 58.4 Å². The van der Waals surface area contributed by atoms with Gasteiger partial charge in [-0.3, -0.25) is 15.0 Å². The van der Waals surface area contributed by atoms with E-state index in [0.717, 1.165) is 24.7 Å². The summed E-state index contributed by atoms with van der Waals surface area (Å²) in [6, 6.07) is 6.97. The maximum Gasteiger partial charge on any atom is 0.283 e. The fourth-order valence-electron chi connectivity index (χ4n) is 3.06. The lowest BCUT2D eigenvalue weighted by molar-refractivity contribution is -0.385. The summed E-state index contributed by atoms with van der Waals surface area (Å²) in [6.45, 7) is 3.35. The summed E-state index contributed by atoms with van der Waals surface area (Å²) in [5.74, 6) is 0. The third-order valence-electron chi connectivity index (χ3n) is 4.15. The Balaban J connectivity index is 1.66. The Morgan fingerprint density at radius 3 is 2.80 bits per heavy atom. The molecule has 1 aromatic carbocycles. The Hall–Kier alpha value is -1.14. The van der Waals surface area contributed by atoms with Crippen LogP contribution in [0.2, 0.25) is 0 Å². The average Bonchev–Trinajstić information content (AvgIpc) is 3.14. The standard InChI is InChI=1S/C14H18BrN3O2/c1-9-6-11(8-17(9)12-3-4-12)16-10-2-5-14(18(19)20)13(15)7-10/h2,5,7,9,11-12,16H,3-4,6,8H2,1H3. The maximum atomic E-state index is 10.8. The van der Waals surface area contributed by atoms with Gasteiger partial charge in [-0.15, -0.1) is 0 Å². The molecule has 3 rings (SSSR count). The Labute approximate surface area is 126 Å². The molecule has 0 aromatic heterocycles. The number of nitrogens with one attached hydrogen (secondary N) is 1. The molecule has 1 N–H and O–H groups in total. The first-order valence-electron chi connectivity index (χ1n) is 7.01. The molecular formula is C14H18BrN3O2. The van der Waals surface area contributed by atoms with Gasteiger partial charge < -0.3 is 5.32 Å². The molecule has 2 atom stereocenters. The fourth-order valence-corrected chi connectivity index (χ4v) is 3.58. The van der Waals surface area contributed by atoms with Gasteiger partial charge in [0.05, 0.1) is 9.40 Å². The van der Waals surface area contributed by atoms with Crippen LogP contribution in [0, 0.1) is 10.1 Å². The molecular weight excluding hydrogens is 322 g/mol. The second-order valence-electron chi connectivity index (χ2n) is 5.78. The molecule has 0 radical (unpaired) electrons. The van der Waals surface area contributed by atoms with Crippen LogP contribution in [0.3, 0.4) is 0 Å². The largest absolute Gasteiger partial charge is 0.381 e. The zero-order chi connectivity index (χ0) is 14.3. The first-order valence-corrected chi connectivity index (χ1v) is 7.80. The lowest BCUT2D eigenvalue weighted by atomic mass is 10.2. The molecule has 0 amide bonds. The van der Waals surface area contributed by atoms with Crippen LogP contribution in [0.15, 0.2) is 22.7 Å². The number of hydrogen-bond acceptors (Lipinski definition) is 4. The molecule has 1 aromatic rings. The van der Waals surface area contributed by atoms with E-state index in [-0.39, 0.29) is 10.6 Å². The smallest absolute Gasteiger partial charge is 0.283 e. The first kappa shape index (κ1) is 13.8. The van der Waals surface area contributed by atoms with Crippen LogP contribution in [0.25, 0.3) is 0 Å². The van der Waals surface area contributed by atoms with E-state index in [0.29, 0.717) is 16.6 Å². The molecule has 0 spiro atoms. The van der Waals surface area contributed by atoms with Gasteiger partial charge in [0, 0.05) is 36.4 Å². The van der Waals surface area contributed by atoms with Crippen molar-refractivity contribution in [2.45, 2.75) is 44.3 Å². The molecule has 1 saturated heterocycles. The summed E-state index contributed by atoms with van der Waals surface area (Å²) in [5, 5.41) is 14.3. The molecule has 2 fully saturated rings. The highest BCUT2D eigenvalue weighted by Crippen LogP contribution is 2.34. The Morgan fingerprint density at radius 2 is 2.20 bits per heavy atom. The predicted octanol–water partition coefficient (Wildman–Crippen LogP) is 3.39. The molecule has 0 bridgehead atoms. The maximum absolute atomic E-state index is 10.8. The summed E-state index contributed by atoms with van der Waals surface area (Å²) in [6.07, 6.45) is 3.80. The Morgan fingerprint density at radius 1 is 1.45 bits per heavy atom. The van der Waals surface area contributed by atoms with Crippen LogP contribution in [-0.2, 0) is 0 Å². The average molecular weight is 340 g/mol. The lowest BCUT2D eigenvalue weighted by Crippen LogP contribution is -2.31. The van der Waals surface area contributed by atoms with E-state index in [4.69, 9.17) is 0 Å². The van der Waals surface area contributed by atoms with Crippen molar-refractivity contribution in [1.82, 2.24) is 4.90 Å². The summed E-state index contributed by atoms with van der Waals surface area (Å²) in [7, 11) is 0. The summed E-state index contributed by atoms with van der Waals surface area (Å²) >= 11 is 3.26. The van der Waals surface area contributed by atoms with E-state index < -0.39 is 0 Å². The highest BCUT2D eigenvalue weighted by Gasteiger charge is 2.38. The summed E-state index contributed by atoms with van der Waals surface area (Å²) < 4.78 is 0.526. The Kier molecular flexibility index (Phi) is 3.69. The zero-order valence-electron chi connectivity index (χ0n) is 11.4. The lowest BCUT2D eigenvalue weighted by Gasteiger charge is -2.20. The van der Waals surface area contributed by atoms with Crippen molar-refractivity contribution in [3.8, 4) is 0 Å². The van der Waals surface area contributed by atoms with E-state index in [1.54, 1.807) is 18.2 Å². The van der Waals surface area contributed by atoms with Gasteiger partial charge in [0.2, 0.25) is 0 Å². The molecule has 2 aliphatic rings. The van der Waals surface area contributed by atoms with E-state index >= 15 is 0 Å². The van der Waals surface area contributed by atoms with Crippen molar-refractivity contribution in [2.24, 2.45) is 0 Å². The van der Waals surface area contributed by atoms with E-state index in [2.05, 4.69) is 33.1 Å². The number of anilines is 1. The number of halogens is 1. The number of hydrogen-bond donors (Lipinski definition) is 1.